The van der Waals surface area contributed by atoms with Crippen molar-refractivity contribution in [2.45, 2.75) is 13.8 Å². The summed E-state index contributed by atoms with van der Waals surface area (Å²) in [6, 6.07) is 8.18. The zero-order chi connectivity index (χ0) is 16.3. The van der Waals surface area contributed by atoms with Crippen molar-refractivity contribution in [2.24, 2.45) is 0 Å². The summed E-state index contributed by atoms with van der Waals surface area (Å²) in [7, 11) is 0. The van der Waals surface area contributed by atoms with E-state index in [1.54, 1.807) is 16.7 Å². The van der Waals surface area contributed by atoms with Crippen LogP contribution in [0, 0.1) is 31.0 Å². The Morgan fingerprint density at radius 1 is 1.45 bits per heavy atom. The summed E-state index contributed by atoms with van der Waals surface area (Å²) in [6.45, 7) is 3.65. The molecular weight excluding hydrogens is 301 g/mol. The van der Waals surface area contributed by atoms with Crippen LogP contribution in [0.2, 0.25) is 0 Å². The highest BCUT2D eigenvalue weighted by Gasteiger charge is 2.20. The lowest BCUT2D eigenvalue weighted by Gasteiger charge is -2.13. The van der Waals surface area contributed by atoms with E-state index in [1.165, 1.54) is 23.9 Å². The molecule has 2 rings (SSSR count). The monoisotopic (exact) mass is 317 g/mol. The Morgan fingerprint density at radius 3 is 2.77 bits per heavy atom. The summed E-state index contributed by atoms with van der Waals surface area (Å²) in [5.41, 5.74) is 2.53. The molecule has 1 aromatic heterocycles. The first kappa shape index (κ1) is 16.1. The van der Waals surface area contributed by atoms with Crippen LogP contribution in [-0.2, 0) is 4.79 Å². The number of nitrogens with one attached hydrogen (secondary N) is 1. The van der Waals surface area contributed by atoms with Gasteiger partial charge in [-0.1, -0.05) is 6.07 Å². The Morgan fingerprint density at radius 2 is 2.18 bits per heavy atom. The van der Waals surface area contributed by atoms with Gasteiger partial charge in [-0.15, -0.1) is 0 Å². The van der Waals surface area contributed by atoms with Gasteiger partial charge in [0.05, 0.1) is 17.0 Å². The number of amides is 1. The molecule has 0 radical (unpaired) electrons. The molecule has 6 heteroatoms. The van der Waals surface area contributed by atoms with Crippen LogP contribution < -0.4 is 5.32 Å². The van der Waals surface area contributed by atoms with Gasteiger partial charge in [0.15, 0.2) is 0 Å². The van der Waals surface area contributed by atoms with Gasteiger partial charge >= 0.3 is 0 Å². The Labute approximate surface area is 132 Å². The first-order chi connectivity index (χ1) is 10.5. The van der Waals surface area contributed by atoms with E-state index in [0.29, 0.717) is 17.1 Å². The maximum Gasteiger partial charge on any atom is 0.235 e. The quantitative estimate of drug-likeness (QED) is 0.940. The van der Waals surface area contributed by atoms with E-state index in [9.17, 15) is 14.4 Å². The molecule has 4 nitrogen and oxygen atoms in total. The molecule has 1 heterocycles. The predicted octanol–water partition coefficient (Wildman–Crippen LogP) is 3.41. The highest BCUT2D eigenvalue weighted by atomic mass is 32.2. The van der Waals surface area contributed by atoms with Crippen molar-refractivity contribution in [3.8, 4) is 11.8 Å². The van der Waals surface area contributed by atoms with Crippen LogP contribution >= 0.6 is 11.8 Å². The van der Waals surface area contributed by atoms with E-state index in [2.05, 4.69) is 11.4 Å². The average molecular weight is 317 g/mol. The number of nitriles is 1. The van der Waals surface area contributed by atoms with Gasteiger partial charge in [0.25, 0.3) is 0 Å². The molecule has 0 unspecified atom stereocenters. The zero-order valence-corrected chi connectivity index (χ0v) is 13.4. The van der Waals surface area contributed by atoms with E-state index in [1.807, 2.05) is 20.1 Å². The summed E-state index contributed by atoms with van der Waals surface area (Å²) in [4.78, 5) is 11.9. The molecule has 0 aliphatic heterocycles. The number of carbonyl (C=O) groups excluding carboxylic acids is 1. The molecule has 0 aliphatic rings. The van der Waals surface area contributed by atoms with Crippen LogP contribution in [-0.4, -0.2) is 22.5 Å². The van der Waals surface area contributed by atoms with Crippen molar-refractivity contribution in [2.75, 3.05) is 17.3 Å². The van der Waals surface area contributed by atoms with Crippen molar-refractivity contribution < 1.29 is 9.18 Å². The number of halogens is 1. The number of anilines is 1. The SMILES string of the molecule is CSCC(=O)Nc1c(C#N)c(C)c(C)n1-c1cccc(F)c1. The molecule has 1 aromatic carbocycles. The average Bonchev–Trinajstić information content (AvgIpc) is 2.70. The highest BCUT2D eigenvalue weighted by molar-refractivity contribution is 7.99. The lowest BCUT2D eigenvalue weighted by atomic mass is 10.2. The molecule has 0 atom stereocenters. The van der Waals surface area contributed by atoms with E-state index in [-0.39, 0.29) is 17.5 Å². The van der Waals surface area contributed by atoms with Crippen molar-refractivity contribution in [1.29, 1.82) is 5.26 Å². The van der Waals surface area contributed by atoms with Gasteiger partial charge in [-0.05, 0) is 43.9 Å². The van der Waals surface area contributed by atoms with Crippen molar-refractivity contribution in [3.63, 3.8) is 0 Å². The molecule has 0 fully saturated rings. The van der Waals surface area contributed by atoms with Crippen molar-refractivity contribution in [3.05, 3.63) is 46.9 Å². The third-order valence-corrected chi connectivity index (χ3v) is 3.98. The fourth-order valence-corrected chi connectivity index (χ4v) is 2.63. The summed E-state index contributed by atoms with van der Waals surface area (Å²) in [5.74, 6) is 0.113. The first-order valence-corrected chi connectivity index (χ1v) is 8.05. The molecule has 0 spiro atoms. The molecule has 1 amide bonds. The van der Waals surface area contributed by atoms with Gasteiger partial charge in [0.1, 0.15) is 17.7 Å². The largest absolute Gasteiger partial charge is 0.310 e. The Kier molecular flexibility index (Phi) is 4.88. The number of aromatic nitrogens is 1. The minimum absolute atomic E-state index is 0.195. The summed E-state index contributed by atoms with van der Waals surface area (Å²) < 4.78 is 15.2. The van der Waals surface area contributed by atoms with Crippen LogP contribution in [0.5, 0.6) is 0 Å². The molecule has 0 saturated carbocycles. The van der Waals surface area contributed by atoms with Crippen LogP contribution in [0.4, 0.5) is 10.2 Å². The van der Waals surface area contributed by atoms with Gasteiger partial charge < -0.3 is 5.32 Å². The van der Waals surface area contributed by atoms with Gasteiger partial charge in [0.2, 0.25) is 5.91 Å². The number of carbonyl (C=O) groups is 1. The predicted molar refractivity (Wildman–Crippen MR) is 86.9 cm³/mol. The molecule has 1 N–H and O–H groups in total. The molecular formula is C16H16FN3OS. The number of hydrogen-bond acceptors (Lipinski definition) is 3. The Balaban J connectivity index is 2.62. The topological polar surface area (TPSA) is 57.8 Å². The Bertz CT molecular complexity index is 761. The minimum atomic E-state index is -0.372. The molecule has 0 aliphatic carbocycles. The third kappa shape index (κ3) is 3.00. The van der Waals surface area contributed by atoms with Crippen molar-refractivity contribution >= 4 is 23.5 Å². The van der Waals surface area contributed by atoms with E-state index in [4.69, 9.17) is 0 Å². The van der Waals surface area contributed by atoms with E-state index < -0.39 is 0 Å². The minimum Gasteiger partial charge on any atom is -0.310 e. The normalized spacial score (nSPS) is 10.3. The van der Waals surface area contributed by atoms with E-state index >= 15 is 0 Å². The lowest BCUT2D eigenvalue weighted by Crippen LogP contribution is -2.17. The molecule has 114 valence electrons. The standard InChI is InChI=1S/C16H16FN3OS/c1-10-11(2)20(13-6-4-5-12(17)7-13)16(14(10)8-18)19-15(21)9-22-3/h4-7H,9H2,1-3H3,(H,19,21). The number of hydrogen-bond donors (Lipinski definition) is 1. The fraction of sp³-hybridized carbons (Fsp3) is 0.250. The van der Waals surface area contributed by atoms with E-state index in [0.717, 1.165) is 11.3 Å². The maximum absolute atomic E-state index is 13.5. The third-order valence-electron chi connectivity index (χ3n) is 3.42. The molecule has 2 aromatic rings. The lowest BCUT2D eigenvalue weighted by molar-refractivity contribution is -0.113. The first-order valence-electron chi connectivity index (χ1n) is 6.66. The molecule has 0 bridgehead atoms. The van der Waals surface area contributed by atoms with Crippen molar-refractivity contribution in [1.82, 2.24) is 4.57 Å². The van der Waals surface area contributed by atoms with Gasteiger partial charge in [-0.2, -0.15) is 17.0 Å². The summed E-state index contributed by atoms with van der Waals surface area (Å²) in [6.07, 6.45) is 1.83. The number of nitrogens with zero attached hydrogens (tertiary/aromatic N) is 2. The highest BCUT2D eigenvalue weighted by Crippen LogP contribution is 2.30. The smallest absolute Gasteiger partial charge is 0.235 e. The van der Waals surface area contributed by atoms with Crippen LogP contribution in [0.3, 0.4) is 0 Å². The number of thioether (sulfide) groups is 1. The number of benzene rings is 1. The van der Waals surface area contributed by atoms with Gasteiger partial charge in [0, 0.05) is 5.69 Å². The maximum atomic E-state index is 13.5. The fourth-order valence-electron chi connectivity index (χ4n) is 2.30. The van der Waals surface area contributed by atoms with Gasteiger partial charge in [-0.3, -0.25) is 9.36 Å². The van der Waals surface area contributed by atoms with Gasteiger partial charge in [-0.25, -0.2) is 4.39 Å². The zero-order valence-electron chi connectivity index (χ0n) is 12.6. The van der Waals surface area contributed by atoms with Crippen LogP contribution in [0.15, 0.2) is 24.3 Å². The number of rotatable bonds is 4. The second-order valence-corrected chi connectivity index (χ2v) is 5.71. The molecule has 0 saturated heterocycles. The van der Waals surface area contributed by atoms with Crippen LogP contribution in [0.25, 0.3) is 5.69 Å². The second kappa shape index (κ2) is 6.67. The second-order valence-electron chi connectivity index (χ2n) is 4.84. The molecule has 22 heavy (non-hydrogen) atoms. The van der Waals surface area contributed by atoms with Crippen LogP contribution in [0.1, 0.15) is 16.8 Å². The summed E-state index contributed by atoms with van der Waals surface area (Å²) >= 11 is 1.39. The summed E-state index contributed by atoms with van der Waals surface area (Å²) in [5, 5.41) is 12.2. The Hall–Kier alpha value is -2.26.